The molecular weight excluding hydrogens is 679 g/mol. The minimum atomic E-state index is 0.399. The second-order valence-electron chi connectivity index (χ2n) is 12.2. The fourth-order valence-electron chi connectivity index (χ4n) is 5.75. The molecule has 0 amide bonds. The average Bonchev–Trinajstić information content (AvgIpc) is 3.24. The first-order valence-electron chi connectivity index (χ1n) is 17.4. The Hall–Kier alpha value is -6.87. The van der Waals surface area contributed by atoms with Crippen molar-refractivity contribution in [1.29, 1.82) is 0 Å². The van der Waals surface area contributed by atoms with Crippen LogP contribution in [0.3, 0.4) is 0 Å². The quantitative estimate of drug-likeness (QED) is 0.103. The van der Waals surface area contributed by atoms with E-state index >= 15 is 0 Å². The van der Waals surface area contributed by atoms with Crippen molar-refractivity contribution in [2.24, 2.45) is 0 Å². The van der Waals surface area contributed by atoms with Gasteiger partial charge in [0.1, 0.15) is 19.8 Å². The number of ether oxygens (including phenoxy) is 6. The van der Waals surface area contributed by atoms with Crippen LogP contribution >= 0.6 is 0 Å². The van der Waals surface area contributed by atoms with E-state index in [0.29, 0.717) is 88.5 Å². The molecule has 0 aliphatic rings. The maximum absolute atomic E-state index is 6.13. The lowest BCUT2D eigenvalue weighted by atomic mass is 10.1. The van der Waals surface area contributed by atoms with Crippen molar-refractivity contribution in [1.82, 2.24) is 15.0 Å². The highest BCUT2D eigenvalue weighted by molar-refractivity contribution is 5.70. The zero-order valence-corrected chi connectivity index (χ0v) is 30.3. The smallest absolute Gasteiger partial charge is 0.164 e. The van der Waals surface area contributed by atoms with E-state index in [1.165, 1.54) is 0 Å². The Labute approximate surface area is 314 Å². The molecule has 0 aliphatic carbocycles. The fourth-order valence-corrected chi connectivity index (χ4v) is 5.75. The number of aromatic nitrogens is 3. The molecule has 0 unspecified atom stereocenters. The van der Waals surface area contributed by atoms with Gasteiger partial charge in [-0.2, -0.15) is 0 Å². The van der Waals surface area contributed by atoms with Gasteiger partial charge in [-0.25, -0.2) is 15.0 Å². The summed E-state index contributed by atoms with van der Waals surface area (Å²) in [6, 6.07) is 46.9. The first-order valence-corrected chi connectivity index (χ1v) is 17.4. The largest absolute Gasteiger partial charge is 0.493 e. The predicted octanol–water partition coefficient (Wildman–Crippen LogP) is 9.64. The molecule has 7 rings (SSSR count). The summed E-state index contributed by atoms with van der Waals surface area (Å²) in [5, 5.41) is 0. The second-order valence-corrected chi connectivity index (χ2v) is 12.2. The minimum absolute atomic E-state index is 0.399. The van der Waals surface area contributed by atoms with Gasteiger partial charge in [0.25, 0.3) is 0 Å². The van der Waals surface area contributed by atoms with Crippen LogP contribution in [0.2, 0.25) is 0 Å². The summed E-state index contributed by atoms with van der Waals surface area (Å²) in [7, 11) is 4.83. The molecule has 0 saturated heterocycles. The van der Waals surface area contributed by atoms with Gasteiger partial charge in [-0.1, -0.05) is 91.0 Å². The Bertz CT molecular complexity index is 2030. The van der Waals surface area contributed by atoms with Crippen LogP contribution in [-0.4, -0.2) is 36.3 Å². The van der Waals surface area contributed by atoms with Crippen molar-refractivity contribution in [2.75, 3.05) is 21.3 Å². The molecule has 0 saturated carbocycles. The van der Waals surface area contributed by atoms with Crippen LogP contribution in [0.5, 0.6) is 34.5 Å². The molecule has 54 heavy (non-hydrogen) atoms. The van der Waals surface area contributed by atoms with Crippen molar-refractivity contribution in [3.05, 3.63) is 162 Å². The van der Waals surface area contributed by atoms with Gasteiger partial charge in [-0.15, -0.1) is 0 Å². The van der Waals surface area contributed by atoms with Crippen molar-refractivity contribution >= 4 is 0 Å². The number of benzene rings is 6. The van der Waals surface area contributed by atoms with Gasteiger partial charge < -0.3 is 28.4 Å². The van der Waals surface area contributed by atoms with Crippen molar-refractivity contribution in [3.8, 4) is 68.7 Å². The maximum atomic E-state index is 6.13. The summed E-state index contributed by atoms with van der Waals surface area (Å²) in [6.45, 7) is 1.20. The topological polar surface area (TPSA) is 94.1 Å². The van der Waals surface area contributed by atoms with Crippen LogP contribution in [0.25, 0.3) is 34.2 Å². The number of rotatable bonds is 15. The van der Waals surface area contributed by atoms with Crippen molar-refractivity contribution in [3.63, 3.8) is 0 Å². The summed E-state index contributed by atoms with van der Waals surface area (Å²) in [5.74, 6) is 4.78. The number of methoxy groups -OCH3 is 3. The van der Waals surface area contributed by atoms with Crippen LogP contribution in [0.15, 0.2) is 146 Å². The third-order valence-corrected chi connectivity index (χ3v) is 8.61. The van der Waals surface area contributed by atoms with Crippen LogP contribution in [-0.2, 0) is 19.8 Å². The summed E-state index contributed by atoms with van der Waals surface area (Å²) in [5.41, 5.74) is 5.30. The minimum Gasteiger partial charge on any atom is -0.493 e. The SMILES string of the molecule is COc1cc(-c2nc(-c3ccc(OCc4ccccc4)c(OC)c3)nc(-c3ccc(OCc4ccccc4)c(OC)c3)n2)ccc1OCc1ccccc1. The van der Waals surface area contributed by atoms with E-state index in [4.69, 9.17) is 43.4 Å². The molecule has 0 radical (unpaired) electrons. The highest BCUT2D eigenvalue weighted by Crippen LogP contribution is 2.37. The Morgan fingerprint density at radius 3 is 0.870 bits per heavy atom. The van der Waals surface area contributed by atoms with Crippen LogP contribution in [0, 0.1) is 0 Å². The van der Waals surface area contributed by atoms with Gasteiger partial charge in [0, 0.05) is 16.7 Å². The zero-order valence-electron chi connectivity index (χ0n) is 30.3. The van der Waals surface area contributed by atoms with E-state index in [2.05, 4.69) is 0 Å². The Morgan fingerprint density at radius 1 is 0.333 bits per heavy atom. The highest BCUT2D eigenvalue weighted by atomic mass is 16.5. The first kappa shape index (κ1) is 35.5. The van der Waals surface area contributed by atoms with Crippen LogP contribution in [0.4, 0.5) is 0 Å². The van der Waals surface area contributed by atoms with Gasteiger partial charge in [-0.05, 0) is 71.3 Å². The first-order chi connectivity index (χ1) is 26.6. The maximum Gasteiger partial charge on any atom is 0.164 e. The number of nitrogens with zero attached hydrogens (tertiary/aromatic N) is 3. The number of hydrogen-bond acceptors (Lipinski definition) is 9. The van der Waals surface area contributed by atoms with Crippen LogP contribution in [0.1, 0.15) is 16.7 Å². The predicted molar refractivity (Wildman–Crippen MR) is 208 cm³/mol. The molecule has 0 atom stereocenters. The summed E-state index contributed by atoms with van der Waals surface area (Å²) in [6.07, 6.45) is 0. The van der Waals surface area contributed by atoms with Crippen molar-refractivity contribution in [2.45, 2.75) is 19.8 Å². The fraction of sp³-hybridized carbons (Fsp3) is 0.133. The molecule has 9 heteroatoms. The van der Waals surface area contributed by atoms with Crippen molar-refractivity contribution < 1.29 is 28.4 Å². The van der Waals surface area contributed by atoms with E-state index in [9.17, 15) is 0 Å². The highest BCUT2D eigenvalue weighted by Gasteiger charge is 2.18. The summed E-state index contributed by atoms with van der Waals surface area (Å²) < 4.78 is 35.7. The molecule has 0 bridgehead atoms. The Kier molecular flexibility index (Phi) is 11.2. The summed E-state index contributed by atoms with van der Waals surface area (Å²) >= 11 is 0. The molecule has 1 aromatic heterocycles. The third-order valence-electron chi connectivity index (χ3n) is 8.61. The lowest BCUT2D eigenvalue weighted by molar-refractivity contribution is 0.284. The molecule has 7 aromatic rings. The Balaban J connectivity index is 1.24. The molecule has 0 spiro atoms. The van der Waals surface area contributed by atoms with Gasteiger partial charge in [0.05, 0.1) is 21.3 Å². The second kappa shape index (κ2) is 17.1. The molecule has 270 valence electrons. The van der Waals surface area contributed by atoms with E-state index < -0.39 is 0 Å². The van der Waals surface area contributed by atoms with E-state index in [-0.39, 0.29) is 0 Å². The van der Waals surface area contributed by atoms with Gasteiger partial charge in [0.2, 0.25) is 0 Å². The Morgan fingerprint density at radius 2 is 0.611 bits per heavy atom. The zero-order chi connectivity index (χ0) is 37.1. The van der Waals surface area contributed by atoms with Gasteiger partial charge in [0.15, 0.2) is 52.0 Å². The normalized spacial score (nSPS) is 10.7. The molecule has 0 aliphatic heterocycles. The average molecular weight is 718 g/mol. The van der Waals surface area contributed by atoms with Gasteiger partial charge >= 0.3 is 0 Å². The van der Waals surface area contributed by atoms with Crippen LogP contribution < -0.4 is 28.4 Å². The molecule has 9 nitrogen and oxygen atoms in total. The lowest BCUT2D eigenvalue weighted by Crippen LogP contribution is -2.03. The third kappa shape index (κ3) is 8.59. The van der Waals surface area contributed by atoms with E-state index in [1.54, 1.807) is 21.3 Å². The van der Waals surface area contributed by atoms with E-state index in [1.807, 2.05) is 146 Å². The van der Waals surface area contributed by atoms with Gasteiger partial charge in [-0.3, -0.25) is 0 Å². The molecule has 0 fully saturated rings. The molecule has 6 aromatic carbocycles. The number of hydrogen-bond donors (Lipinski definition) is 0. The molecule has 1 heterocycles. The molecule has 0 N–H and O–H groups in total. The lowest BCUT2D eigenvalue weighted by Gasteiger charge is -2.15. The van der Waals surface area contributed by atoms with E-state index in [0.717, 1.165) is 16.7 Å². The monoisotopic (exact) mass is 717 g/mol. The standard InChI is InChI=1S/C45H39N3O6/c1-49-40-25-34(19-22-37(40)52-28-31-13-7-4-8-14-31)43-46-44(35-20-23-38(41(26-35)50-2)53-29-32-15-9-5-10-16-32)48-45(47-43)36-21-24-39(42(27-36)51-3)54-30-33-17-11-6-12-18-33/h4-27H,28-30H2,1-3H3. The molecular formula is C45H39N3O6. The summed E-state index contributed by atoms with van der Waals surface area (Å²) in [4.78, 5) is 14.8.